The highest BCUT2D eigenvalue weighted by Gasteiger charge is 2.26. The van der Waals surface area contributed by atoms with Crippen molar-refractivity contribution in [1.29, 1.82) is 0 Å². The Labute approximate surface area is 125 Å². The number of benzene rings is 1. The maximum absolute atomic E-state index is 13.9. The Morgan fingerprint density at radius 3 is 2.95 bits per heavy atom. The highest BCUT2D eigenvalue weighted by Crippen LogP contribution is 2.23. The molecular formula is C15H14FN3O3. The van der Waals surface area contributed by atoms with E-state index >= 15 is 0 Å². The van der Waals surface area contributed by atoms with Crippen molar-refractivity contribution in [2.24, 2.45) is 0 Å². The van der Waals surface area contributed by atoms with Gasteiger partial charge in [-0.1, -0.05) is 0 Å². The fourth-order valence-electron chi connectivity index (χ4n) is 2.41. The van der Waals surface area contributed by atoms with Gasteiger partial charge in [0.1, 0.15) is 11.6 Å². The summed E-state index contributed by atoms with van der Waals surface area (Å²) in [5.41, 5.74) is 1.25. The van der Waals surface area contributed by atoms with Crippen molar-refractivity contribution in [3.8, 4) is 5.75 Å². The molecule has 0 bridgehead atoms. The number of nitrogens with one attached hydrogen (secondary N) is 3. The molecule has 1 aliphatic heterocycles. The van der Waals surface area contributed by atoms with Crippen LogP contribution in [0.15, 0.2) is 24.4 Å². The molecule has 114 valence electrons. The first-order valence-electron chi connectivity index (χ1n) is 6.73. The quantitative estimate of drug-likeness (QED) is 0.807. The van der Waals surface area contributed by atoms with Crippen LogP contribution in [0.1, 0.15) is 26.4 Å². The Morgan fingerprint density at radius 2 is 2.23 bits per heavy atom. The summed E-state index contributed by atoms with van der Waals surface area (Å²) < 4.78 is 18.8. The van der Waals surface area contributed by atoms with Gasteiger partial charge in [-0.25, -0.2) is 4.39 Å². The number of methoxy groups -OCH3 is 1. The lowest BCUT2D eigenvalue weighted by molar-refractivity contribution is 0.0933. The number of hydrogen-bond donors (Lipinski definition) is 3. The molecule has 1 aromatic carbocycles. The van der Waals surface area contributed by atoms with Crippen LogP contribution >= 0.6 is 0 Å². The number of fused-ring (bicyclic) bond motifs is 1. The van der Waals surface area contributed by atoms with E-state index in [0.717, 1.165) is 0 Å². The Kier molecular flexibility index (Phi) is 3.54. The minimum absolute atomic E-state index is 0.0250. The molecule has 7 heteroatoms. The SMILES string of the molecule is COc1ccc(NC(=O)c2c[nH]c3c2C(=O)NCC3)c(F)c1. The number of aromatic amines is 1. The largest absolute Gasteiger partial charge is 0.497 e. The van der Waals surface area contributed by atoms with Gasteiger partial charge in [0, 0.05) is 30.9 Å². The number of hydrogen-bond acceptors (Lipinski definition) is 3. The number of carbonyl (C=O) groups is 2. The average Bonchev–Trinajstić information content (AvgIpc) is 2.94. The van der Waals surface area contributed by atoms with Crippen LogP contribution in [0, 0.1) is 5.82 Å². The molecule has 1 aliphatic rings. The number of carbonyl (C=O) groups excluding carboxylic acids is 2. The lowest BCUT2D eigenvalue weighted by Gasteiger charge is -2.14. The number of anilines is 1. The summed E-state index contributed by atoms with van der Waals surface area (Å²) in [6.07, 6.45) is 2.09. The number of rotatable bonds is 3. The average molecular weight is 303 g/mol. The van der Waals surface area contributed by atoms with Crippen LogP contribution in [0.3, 0.4) is 0 Å². The van der Waals surface area contributed by atoms with E-state index in [2.05, 4.69) is 15.6 Å². The van der Waals surface area contributed by atoms with Gasteiger partial charge in [-0.05, 0) is 12.1 Å². The second-order valence-electron chi connectivity index (χ2n) is 4.86. The van der Waals surface area contributed by atoms with E-state index in [0.29, 0.717) is 30.0 Å². The van der Waals surface area contributed by atoms with E-state index in [4.69, 9.17) is 4.74 Å². The molecule has 0 aliphatic carbocycles. The van der Waals surface area contributed by atoms with E-state index < -0.39 is 11.7 Å². The summed E-state index contributed by atoms with van der Waals surface area (Å²) >= 11 is 0. The number of halogens is 1. The van der Waals surface area contributed by atoms with Crippen LogP contribution in [0.2, 0.25) is 0 Å². The zero-order valence-electron chi connectivity index (χ0n) is 11.8. The van der Waals surface area contributed by atoms with Crippen LogP contribution in [0.25, 0.3) is 0 Å². The molecule has 1 aromatic heterocycles. The van der Waals surface area contributed by atoms with Gasteiger partial charge in [-0.2, -0.15) is 0 Å². The van der Waals surface area contributed by atoms with Crippen LogP contribution in [0.4, 0.5) is 10.1 Å². The fraction of sp³-hybridized carbons (Fsp3) is 0.200. The predicted octanol–water partition coefficient (Wildman–Crippen LogP) is 1.70. The topological polar surface area (TPSA) is 83.2 Å². The van der Waals surface area contributed by atoms with Gasteiger partial charge in [0.05, 0.1) is 23.9 Å². The van der Waals surface area contributed by atoms with Crippen LogP contribution in [-0.4, -0.2) is 30.5 Å². The van der Waals surface area contributed by atoms with Crippen molar-refractivity contribution in [1.82, 2.24) is 10.3 Å². The van der Waals surface area contributed by atoms with Crippen LogP contribution in [-0.2, 0) is 6.42 Å². The molecule has 0 radical (unpaired) electrons. The van der Waals surface area contributed by atoms with E-state index in [-0.39, 0.29) is 17.2 Å². The summed E-state index contributed by atoms with van der Waals surface area (Å²) in [6, 6.07) is 4.12. The second-order valence-corrected chi connectivity index (χ2v) is 4.86. The highest BCUT2D eigenvalue weighted by atomic mass is 19.1. The van der Waals surface area contributed by atoms with Crippen molar-refractivity contribution in [2.75, 3.05) is 19.0 Å². The zero-order chi connectivity index (χ0) is 15.7. The molecule has 0 unspecified atom stereocenters. The Hall–Kier alpha value is -2.83. The number of ether oxygens (including phenoxy) is 1. The second kappa shape index (κ2) is 5.51. The van der Waals surface area contributed by atoms with Gasteiger partial charge in [0.25, 0.3) is 11.8 Å². The minimum atomic E-state index is -0.610. The molecule has 0 spiro atoms. The third-order valence-corrected chi connectivity index (χ3v) is 3.52. The van der Waals surface area contributed by atoms with Gasteiger partial charge in [-0.15, -0.1) is 0 Å². The van der Waals surface area contributed by atoms with Crippen molar-refractivity contribution in [3.05, 3.63) is 47.0 Å². The van der Waals surface area contributed by atoms with E-state index in [1.165, 1.54) is 31.5 Å². The normalized spacial score (nSPS) is 13.3. The van der Waals surface area contributed by atoms with Crippen molar-refractivity contribution in [2.45, 2.75) is 6.42 Å². The highest BCUT2D eigenvalue weighted by molar-refractivity contribution is 6.13. The molecule has 0 saturated heterocycles. The first-order chi connectivity index (χ1) is 10.6. The molecule has 3 N–H and O–H groups in total. The third kappa shape index (κ3) is 2.41. The van der Waals surface area contributed by atoms with Gasteiger partial charge in [-0.3, -0.25) is 9.59 Å². The molecule has 22 heavy (non-hydrogen) atoms. The summed E-state index contributed by atoms with van der Waals surface area (Å²) in [6.45, 7) is 0.528. The molecule has 0 fully saturated rings. The zero-order valence-corrected chi connectivity index (χ0v) is 11.8. The minimum Gasteiger partial charge on any atom is -0.497 e. The molecular weight excluding hydrogens is 289 g/mol. The molecule has 3 rings (SSSR count). The van der Waals surface area contributed by atoms with Crippen LogP contribution < -0.4 is 15.4 Å². The molecule has 0 atom stereocenters. The maximum atomic E-state index is 13.9. The fourth-order valence-corrected chi connectivity index (χ4v) is 2.41. The standard InChI is InChI=1S/C15H14FN3O3/c1-22-8-2-3-11(10(16)6-8)19-14(20)9-7-18-12-4-5-17-15(21)13(9)12/h2-3,6-7,18H,4-5H2,1H3,(H,17,21)(H,19,20). The van der Waals surface area contributed by atoms with Gasteiger partial charge < -0.3 is 20.4 Å². The molecule has 2 amide bonds. The molecule has 0 saturated carbocycles. The van der Waals surface area contributed by atoms with Crippen molar-refractivity contribution in [3.63, 3.8) is 0 Å². The van der Waals surface area contributed by atoms with Crippen molar-refractivity contribution < 1.29 is 18.7 Å². The summed E-state index contributed by atoms with van der Waals surface area (Å²) in [7, 11) is 1.43. The number of amides is 2. The van der Waals surface area contributed by atoms with Gasteiger partial charge in [0.2, 0.25) is 0 Å². The first kappa shape index (κ1) is 14.1. The van der Waals surface area contributed by atoms with Crippen LogP contribution in [0.5, 0.6) is 5.75 Å². The molecule has 2 heterocycles. The number of H-pyrrole nitrogens is 1. The molecule has 2 aromatic rings. The Bertz CT molecular complexity index is 754. The predicted molar refractivity (Wildman–Crippen MR) is 77.7 cm³/mol. The van der Waals surface area contributed by atoms with Gasteiger partial charge in [0.15, 0.2) is 0 Å². The first-order valence-corrected chi connectivity index (χ1v) is 6.73. The van der Waals surface area contributed by atoms with Gasteiger partial charge >= 0.3 is 0 Å². The van der Waals surface area contributed by atoms with E-state index in [1.807, 2.05) is 0 Å². The lowest BCUT2D eigenvalue weighted by Crippen LogP contribution is -2.33. The lowest BCUT2D eigenvalue weighted by atomic mass is 10.0. The van der Waals surface area contributed by atoms with E-state index in [9.17, 15) is 14.0 Å². The third-order valence-electron chi connectivity index (χ3n) is 3.52. The molecule has 6 nitrogen and oxygen atoms in total. The summed E-state index contributed by atoms with van der Waals surface area (Å²) in [5, 5.41) is 5.15. The monoisotopic (exact) mass is 303 g/mol. The Morgan fingerprint density at radius 1 is 1.41 bits per heavy atom. The smallest absolute Gasteiger partial charge is 0.258 e. The number of aromatic nitrogens is 1. The van der Waals surface area contributed by atoms with Crippen molar-refractivity contribution >= 4 is 17.5 Å². The maximum Gasteiger partial charge on any atom is 0.258 e. The van der Waals surface area contributed by atoms with E-state index in [1.54, 1.807) is 0 Å². The Balaban J connectivity index is 1.87. The summed E-state index contributed by atoms with van der Waals surface area (Å²) in [4.78, 5) is 27.1. The summed E-state index contributed by atoms with van der Waals surface area (Å²) in [5.74, 6) is -1.10.